The van der Waals surface area contributed by atoms with Crippen LogP contribution in [0.4, 0.5) is 5.69 Å². The van der Waals surface area contributed by atoms with Crippen LogP contribution in [0.3, 0.4) is 0 Å². The summed E-state index contributed by atoms with van der Waals surface area (Å²) in [6, 6.07) is 11.0. The van der Waals surface area contributed by atoms with Gasteiger partial charge in [0.2, 0.25) is 0 Å². The number of hydrogen-bond acceptors (Lipinski definition) is 3. The Morgan fingerprint density at radius 1 is 1.29 bits per heavy atom. The summed E-state index contributed by atoms with van der Waals surface area (Å²) in [7, 11) is 0. The van der Waals surface area contributed by atoms with Gasteiger partial charge in [-0.25, -0.2) is 0 Å². The van der Waals surface area contributed by atoms with Gasteiger partial charge < -0.3 is 10.8 Å². The van der Waals surface area contributed by atoms with Crippen molar-refractivity contribution in [2.45, 2.75) is 13.3 Å². The zero-order valence-electron chi connectivity index (χ0n) is 11.4. The molecule has 0 bridgehead atoms. The third-order valence-corrected chi connectivity index (χ3v) is 3.80. The van der Waals surface area contributed by atoms with Crippen molar-refractivity contribution in [2.24, 2.45) is 0 Å². The first-order chi connectivity index (χ1) is 9.88. The highest BCUT2D eigenvalue weighted by Gasteiger charge is 2.15. The van der Waals surface area contributed by atoms with Gasteiger partial charge in [0.25, 0.3) is 0 Å². The van der Waals surface area contributed by atoms with E-state index in [9.17, 15) is 4.79 Å². The van der Waals surface area contributed by atoms with E-state index in [2.05, 4.69) is 0 Å². The molecule has 2 aromatic carbocycles. The van der Waals surface area contributed by atoms with Crippen LogP contribution in [0.1, 0.15) is 22.3 Å². The van der Waals surface area contributed by atoms with Crippen molar-refractivity contribution in [3.05, 3.63) is 63.7 Å². The number of carboxylic acid groups (broad SMARTS) is 1. The number of thiocarbonyl (C=S) groups is 1. The van der Waals surface area contributed by atoms with Crippen LogP contribution in [0.5, 0.6) is 0 Å². The monoisotopic (exact) mass is 319 g/mol. The summed E-state index contributed by atoms with van der Waals surface area (Å²) >= 11 is 11.5. The van der Waals surface area contributed by atoms with Crippen LogP contribution < -0.4 is 5.73 Å². The second-order valence-electron chi connectivity index (χ2n) is 4.79. The van der Waals surface area contributed by atoms with Gasteiger partial charge >= 0.3 is 5.97 Å². The van der Waals surface area contributed by atoms with Gasteiger partial charge in [0, 0.05) is 16.3 Å². The lowest BCUT2D eigenvalue weighted by Gasteiger charge is -2.12. The smallest absolute Gasteiger partial charge is 0.307 e. The second kappa shape index (κ2) is 6.24. The second-order valence-corrected chi connectivity index (χ2v) is 5.64. The molecule has 0 heterocycles. The molecule has 0 saturated carbocycles. The molecule has 0 saturated heterocycles. The van der Waals surface area contributed by atoms with Crippen LogP contribution in [-0.2, 0) is 11.2 Å². The van der Waals surface area contributed by atoms with Gasteiger partial charge in [-0.1, -0.05) is 53.6 Å². The van der Waals surface area contributed by atoms with Crippen molar-refractivity contribution in [2.75, 3.05) is 5.73 Å². The van der Waals surface area contributed by atoms with E-state index in [-0.39, 0.29) is 6.42 Å². The third kappa shape index (κ3) is 3.60. The fraction of sp³-hybridized carbons (Fsp3) is 0.125. The minimum absolute atomic E-state index is 0.185. The van der Waals surface area contributed by atoms with Gasteiger partial charge in [-0.05, 0) is 30.2 Å². The summed E-state index contributed by atoms with van der Waals surface area (Å²) in [5.74, 6) is -0.962. The predicted molar refractivity (Wildman–Crippen MR) is 89.2 cm³/mol. The van der Waals surface area contributed by atoms with Gasteiger partial charge in [-0.3, -0.25) is 4.79 Å². The lowest BCUT2D eigenvalue weighted by atomic mass is 9.98. The number of aliphatic carboxylic acids is 1. The van der Waals surface area contributed by atoms with Crippen molar-refractivity contribution in [3.63, 3.8) is 0 Å². The Bertz CT molecular complexity index is 711. The zero-order valence-corrected chi connectivity index (χ0v) is 13.0. The third-order valence-electron chi connectivity index (χ3n) is 3.13. The molecule has 2 rings (SSSR count). The topological polar surface area (TPSA) is 63.3 Å². The van der Waals surface area contributed by atoms with Gasteiger partial charge in [-0.15, -0.1) is 0 Å². The van der Waals surface area contributed by atoms with Crippen molar-refractivity contribution >= 4 is 40.3 Å². The average molecular weight is 320 g/mol. The summed E-state index contributed by atoms with van der Waals surface area (Å²) in [5.41, 5.74) is 9.48. The maximum atomic E-state index is 10.9. The van der Waals surface area contributed by atoms with Gasteiger partial charge in [0.15, 0.2) is 0 Å². The Balaban J connectivity index is 2.47. The number of aryl methyl sites for hydroxylation is 1. The normalized spacial score (nSPS) is 10.4. The standard InChI is InChI=1S/C16H14ClNO2S/c1-9-2-4-10(5-3-9)16(21)13-8-12(17)6-11(15(13)18)7-14(19)20/h2-6,8H,7,18H2,1H3,(H,19,20). The van der Waals surface area contributed by atoms with Crippen LogP contribution in [0.25, 0.3) is 0 Å². The maximum Gasteiger partial charge on any atom is 0.307 e. The molecule has 0 radical (unpaired) electrons. The van der Waals surface area contributed by atoms with Crippen molar-refractivity contribution < 1.29 is 9.90 Å². The Morgan fingerprint density at radius 2 is 1.90 bits per heavy atom. The van der Waals surface area contributed by atoms with Gasteiger partial charge in [0.05, 0.1) is 11.3 Å². The Labute approximate surface area is 133 Å². The lowest BCUT2D eigenvalue weighted by molar-refractivity contribution is -0.136. The Morgan fingerprint density at radius 3 is 2.48 bits per heavy atom. The number of halogens is 1. The molecular weight excluding hydrogens is 306 g/mol. The number of hydrogen-bond donors (Lipinski definition) is 2. The molecule has 0 spiro atoms. The first kappa shape index (κ1) is 15.5. The highest BCUT2D eigenvalue weighted by atomic mass is 35.5. The molecule has 21 heavy (non-hydrogen) atoms. The first-order valence-corrected chi connectivity index (χ1v) is 7.08. The summed E-state index contributed by atoms with van der Waals surface area (Å²) in [6.07, 6.45) is -0.185. The van der Waals surface area contributed by atoms with Crippen molar-refractivity contribution in [3.8, 4) is 0 Å². The fourth-order valence-corrected chi connectivity index (χ4v) is 2.58. The molecule has 3 N–H and O–H groups in total. The molecule has 0 aliphatic heterocycles. The zero-order chi connectivity index (χ0) is 15.6. The molecule has 0 unspecified atom stereocenters. The number of rotatable bonds is 4. The van der Waals surface area contributed by atoms with E-state index in [0.29, 0.717) is 26.7 Å². The van der Waals surface area contributed by atoms with Crippen LogP contribution in [0, 0.1) is 6.92 Å². The number of nitrogen functional groups attached to an aromatic ring is 1. The van der Waals surface area contributed by atoms with Crippen molar-refractivity contribution in [1.82, 2.24) is 0 Å². The minimum Gasteiger partial charge on any atom is -0.481 e. The minimum atomic E-state index is -0.962. The molecule has 0 atom stereocenters. The van der Waals surface area contributed by atoms with Gasteiger partial charge in [0.1, 0.15) is 0 Å². The van der Waals surface area contributed by atoms with Crippen LogP contribution in [-0.4, -0.2) is 15.9 Å². The van der Waals surface area contributed by atoms with E-state index in [1.165, 1.54) is 0 Å². The van der Waals surface area contributed by atoms with Crippen LogP contribution >= 0.6 is 23.8 Å². The van der Waals surface area contributed by atoms with E-state index in [4.69, 9.17) is 34.7 Å². The summed E-state index contributed by atoms with van der Waals surface area (Å²) in [5, 5.41) is 9.35. The summed E-state index contributed by atoms with van der Waals surface area (Å²) in [4.78, 5) is 11.4. The van der Waals surface area contributed by atoms with E-state index in [1.807, 2.05) is 31.2 Å². The van der Waals surface area contributed by atoms with E-state index in [1.54, 1.807) is 12.1 Å². The Kier molecular flexibility index (Phi) is 4.60. The molecule has 0 amide bonds. The van der Waals surface area contributed by atoms with Crippen LogP contribution in [0.15, 0.2) is 36.4 Å². The predicted octanol–water partition coefficient (Wildman–Crippen LogP) is 3.62. The molecule has 2 aromatic rings. The summed E-state index contributed by atoms with van der Waals surface area (Å²) in [6.45, 7) is 1.99. The largest absolute Gasteiger partial charge is 0.481 e. The van der Waals surface area contributed by atoms with E-state index >= 15 is 0 Å². The lowest BCUT2D eigenvalue weighted by Crippen LogP contribution is -2.10. The molecule has 0 fully saturated rings. The SMILES string of the molecule is Cc1ccc(C(=S)c2cc(Cl)cc(CC(=O)O)c2N)cc1. The molecule has 5 heteroatoms. The quantitative estimate of drug-likeness (QED) is 0.513. The van der Waals surface area contributed by atoms with Crippen LogP contribution in [0.2, 0.25) is 5.02 Å². The molecule has 3 nitrogen and oxygen atoms in total. The number of anilines is 1. The molecule has 108 valence electrons. The highest BCUT2D eigenvalue weighted by Crippen LogP contribution is 2.27. The number of carbonyl (C=O) groups is 1. The number of nitrogens with two attached hydrogens (primary N) is 1. The molecule has 0 aliphatic rings. The van der Waals surface area contributed by atoms with Crippen molar-refractivity contribution in [1.29, 1.82) is 0 Å². The number of benzene rings is 2. The fourth-order valence-electron chi connectivity index (χ4n) is 2.03. The van der Waals surface area contributed by atoms with E-state index in [0.717, 1.165) is 11.1 Å². The van der Waals surface area contributed by atoms with Gasteiger partial charge in [-0.2, -0.15) is 0 Å². The van der Waals surface area contributed by atoms with E-state index < -0.39 is 5.97 Å². The first-order valence-electron chi connectivity index (χ1n) is 6.29. The highest BCUT2D eigenvalue weighted by molar-refractivity contribution is 7.81. The average Bonchev–Trinajstić information content (AvgIpc) is 2.42. The number of carboxylic acids is 1. The molecule has 0 aromatic heterocycles. The molecule has 0 aliphatic carbocycles. The maximum absolute atomic E-state index is 10.9. The molecular formula is C16H14ClNO2S. The summed E-state index contributed by atoms with van der Waals surface area (Å²) < 4.78 is 0. The Hall–Kier alpha value is -1.91.